The Morgan fingerprint density at radius 1 is 1.39 bits per heavy atom. The van der Waals surface area contributed by atoms with E-state index >= 15 is 0 Å². The predicted molar refractivity (Wildman–Crippen MR) is 85.5 cm³/mol. The standard InChI is InChI=1S/C15H25N3O4S/c1-2-23(19,20)18-10-12-22-15-13(18)5-6-14(15)21-11-4-9-17-8-3-7-16-17/h3,7-8,13-15H,2,4-6,9-12H2,1H3/t13-,14+,15+/m0/s1. The molecule has 3 atom stereocenters. The fourth-order valence-corrected chi connectivity index (χ4v) is 4.79. The summed E-state index contributed by atoms with van der Waals surface area (Å²) in [5, 5.41) is 4.16. The second-order valence-corrected chi connectivity index (χ2v) is 8.23. The maximum atomic E-state index is 12.2. The number of hydrogen-bond acceptors (Lipinski definition) is 5. The summed E-state index contributed by atoms with van der Waals surface area (Å²) >= 11 is 0. The van der Waals surface area contributed by atoms with E-state index in [0.717, 1.165) is 25.8 Å². The first-order valence-corrected chi connectivity index (χ1v) is 9.93. The summed E-state index contributed by atoms with van der Waals surface area (Å²) in [6, 6.07) is 1.84. The van der Waals surface area contributed by atoms with Crippen LogP contribution in [-0.4, -0.2) is 66.3 Å². The van der Waals surface area contributed by atoms with Gasteiger partial charge in [0.1, 0.15) is 6.10 Å². The molecule has 0 bridgehead atoms. The number of sulfonamides is 1. The van der Waals surface area contributed by atoms with Gasteiger partial charge >= 0.3 is 0 Å². The third-order valence-electron chi connectivity index (χ3n) is 4.63. The first-order chi connectivity index (χ1) is 11.1. The number of aromatic nitrogens is 2. The zero-order chi connectivity index (χ0) is 16.3. The smallest absolute Gasteiger partial charge is 0.214 e. The first-order valence-electron chi connectivity index (χ1n) is 8.32. The average Bonchev–Trinajstić information content (AvgIpc) is 3.21. The van der Waals surface area contributed by atoms with Gasteiger partial charge in [-0.2, -0.15) is 9.40 Å². The van der Waals surface area contributed by atoms with Crippen LogP contribution in [0.1, 0.15) is 26.2 Å². The third-order valence-corrected chi connectivity index (χ3v) is 6.53. The van der Waals surface area contributed by atoms with Crippen molar-refractivity contribution in [2.75, 3.05) is 25.5 Å². The number of aryl methyl sites for hydroxylation is 1. The van der Waals surface area contributed by atoms with Crippen molar-refractivity contribution in [3.8, 4) is 0 Å². The minimum atomic E-state index is -3.17. The van der Waals surface area contributed by atoms with E-state index in [2.05, 4.69) is 5.10 Å². The van der Waals surface area contributed by atoms with Crippen LogP contribution in [0.5, 0.6) is 0 Å². The molecule has 8 heteroatoms. The summed E-state index contributed by atoms with van der Waals surface area (Å²) in [6.45, 7) is 4.07. The van der Waals surface area contributed by atoms with Gasteiger partial charge in [-0.3, -0.25) is 4.68 Å². The van der Waals surface area contributed by atoms with E-state index in [9.17, 15) is 8.42 Å². The normalized spacial score (nSPS) is 28.8. The molecule has 0 radical (unpaired) electrons. The Labute approximate surface area is 137 Å². The minimum absolute atomic E-state index is 0.00697. The molecule has 130 valence electrons. The Balaban J connectivity index is 1.51. The van der Waals surface area contributed by atoms with E-state index < -0.39 is 10.0 Å². The molecule has 1 saturated heterocycles. The monoisotopic (exact) mass is 343 g/mol. The topological polar surface area (TPSA) is 73.7 Å². The summed E-state index contributed by atoms with van der Waals surface area (Å²) in [5.41, 5.74) is 0. The van der Waals surface area contributed by atoms with Gasteiger partial charge in [-0.05, 0) is 32.3 Å². The third kappa shape index (κ3) is 3.76. The summed E-state index contributed by atoms with van der Waals surface area (Å²) in [6.07, 6.45) is 6.11. The number of rotatable bonds is 7. The van der Waals surface area contributed by atoms with Crippen molar-refractivity contribution in [1.82, 2.24) is 14.1 Å². The van der Waals surface area contributed by atoms with Crippen molar-refractivity contribution in [2.45, 2.75) is 51.0 Å². The molecule has 0 spiro atoms. The van der Waals surface area contributed by atoms with Crippen LogP contribution < -0.4 is 0 Å². The second kappa shape index (κ2) is 7.29. The molecule has 1 aliphatic carbocycles. The van der Waals surface area contributed by atoms with Gasteiger partial charge in [-0.25, -0.2) is 8.42 Å². The highest BCUT2D eigenvalue weighted by atomic mass is 32.2. The van der Waals surface area contributed by atoms with E-state index in [0.29, 0.717) is 19.8 Å². The Morgan fingerprint density at radius 2 is 2.26 bits per heavy atom. The van der Waals surface area contributed by atoms with Crippen molar-refractivity contribution >= 4 is 10.0 Å². The molecule has 7 nitrogen and oxygen atoms in total. The van der Waals surface area contributed by atoms with Crippen molar-refractivity contribution in [2.24, 2.45) is 0 Å². The SMILES string of the molecule is CCS(=O)(=O)N1CCO[C@H]2[C@H](OCCCn3cccn3)CC[C@@H]21. The molecule has 2 fully saturated rings. The van der Waals surface area contributed by atoms with Crippen molar-refractivity contribution in [3.63, 3.8) is 0 Å². The van der Waals surface area contributed by atoms with Crippen molar-refractivity contribution in [1.29, 1.82) is 0 Å². The van der Waals surface area contributed by atoms with Gasteiger partial charge in [0.05, 0.1) is 24.5 Å². The van der Waals surface area contributed by atoms with E-state index in [-0.39, 0.29) is 24.0 Å². The molecular formula is C15H25N3O4S. The molecular weight excluding hydrogens is 318 g/mol. The maximum absolute atomic E-state index is 12.2. The minimum Gasteiger partial charge on any atom is -0.375 e. The van der Waals surface area contributed by atoms with Gasteiger partial charge in [-0.1, -0.05) is 0 Å². The lowest BCUT2D eigenvalue weighted by Crippen LogP contribution is -2.54. The molecule has 0 unspecified atom stereocenters. The van der Waals surface area contributed by atoms with Crippen molar-refractivity contribution < 1.29 is 17.9 Å². The lowest BCUT2D eigenvalue weighted by Gasteiger charge is -2.37. The molecule has 0 N–H and O–H groups in total. The lowest BCUT2D eigenvalue weighted by atomic mass is 10.1. The van der Waals surface area contributed by atoms with Crippen LogP contribution in [0.15, 0.2) is 18.5 Å². The zero-order valence-electron chi connectivity index (χ0n) is 13.5. The predicted octanol–water partition coefficient (Wildman–Crippen LogP) is 0.871. The number of fused-ring (bicyclic) bond motifs is 1. The zero-order valence-corrected chi connectivity index (χ0v) is 14.3. The van der Waals surface area contributed by atoms with Gasteiger partial charge in [-0.15, -0.1) is 0 Å². The van der Waals surface area contributed by atoms with E-state index in [1.165, 1.54) is 0 Å². The number of ether oxygens (including phenoxy) is 2. The van der Waals surface area contributed by atoms with Crippen LogP contribution in [0.25, 0.3) is 0 Å². The van der Waals surface area contributed by atoms with E-state index in [1.807, 2.05) is 16.9 Å². The Morgan fingerprint density at radius 3 is 3.00 bits per heavy atom. The molecule has 2 aliphatic rings. The Hall–Kier alpha value is -0.960. The molecule has 1 aromatic rings. The molecule has 3 rings (SSSR count). The number of morpholine rings is 1. The maximum Gasteiger partial charge on any atom is 0.214 e. The highest BCUT2D eigenvalue weighted by Crippen LogP contribution is 2.33. The molecule has 0 amide bonds. The van der Waals surface area contributed by atoms with Gasteiger partial charge < -0.3 is 9.47 Å². The van der Waals surface area contributed by atoms with Crippen LogP contribution in [0.2, 0.25) is 0 Å². The highest BCUT2D eigenvalue weighted by molar-refractivity contribution is 7.89. The van der Waals surface area contributed by atoms with Crippen LogP contribution in [0.4, 0.5) is 0 Å². The summed E-state index contributed by atoms with van der Waals surface area (Å²) in [4.78, 5) is 0. The number of nitrogens with zero attached hydrogens (tertiary/aromatic N) is 3. The van der Waals surface area contributed by atoms with Crippen LogP contribution >= 0.6 is 0 Å². The summed E-state index contributed by atoms with van der Waals surface area (Å²) in [5.74, 6) is 0.144. The molecule has 2 heterocycles. The van der Waals surface area contributed by atoms with Crippen LogP contribution in [-0.2, 0) is 26.0 Å². The van der Waals surface area contributed by atoms with Gasteiger partial charge in [0.15, 0.2) is 0 Å². The summed E-state index contributed by atoms with van der Waals surface area (Å²) in [7, 11) is -3.17. The lowest BCUT2D eigenvalue weighted by molar-refractivity contribution is -0.0966. The summed E-state index contributed by atoms with van der Waals surface area (Å²) < 4.78 is 39.8. The average molecular weight is 343 g/mol. The quantitative estimate of drug-likeness (QED) is 0.687. The van der Waals surface area contributed by atoms with Gasteiger partial charge in [0, 0.05) is 32.1 Å². The molecule has 23 heavy (non-hydrogen) atoms. The molecule has 0 aromatic carbocycles. The fourth-order valence-electron chi connectivity index (χ4n) is 3.47. The molecule has 1 aromatic heterocycles. The Kier molecular flexibility index (Phi) is 5.35. The Bertz CT molecular complexity index is 590. The fraction of sp³-hybridized carbons (Fsp3) is 0.800. The van der Waals surface area contributed by atoms with Gasteiger partial charge in [0.25, 0.3) is 0 Å². The molecule has 1 saturated carbocycles. The van der Waals surface area contributed by atoms with E-state index in [1.54, 1.807) is 17.4 Å². The van der Waals surface area contributed by atoms with E-state index in [4.69, 9.17) is 9.47 Å². The highest BCUT2D eigenvalue weighted by Gasteiger charge is 2.46. The van der Waals surface area contributed by atoms with Crippen LogP contribution in [0, 0.1) is 0 Å². The second-order valence-electron chi connectivity index (χ2n) is 6.02. The van der Waals surface area contributed by atoms with Crippen LogP contribution in [0.3, 0.4) is 0 Å². The number of hydrogen-bond donors (Lipinski definition) is 0. The molecule has 1 aliphatic heterocycles. The van der Waals surface area contributed by atoms with Crippen molar-refractivity contribution in [3.05, 3.63) is 18.5 Å². The van der Waals surface area contributed by atoms with Gasteiger partial charge in [0.2, 0.25) is 10.0 Å². The first kappa shape index (κ1) is 16.9. The largest absolute Gasteiger partial charge is 0.375 e.